The lowest BCUT2D eigenvalue weighted by Gasteiger charge is -2.17. The van der Waals surface area contributed by atoms with E-state index in [4.69, 9.17) is 5.73 Å². The Labute approximate surface area is 100 Å². The highest BCUT2D eigenvalue weighted by Crippen LogP contribution is 2.23. The molecular formula is C11H19N3OS. The van der Waals surface area contributed by atoms with E-state index in [-0.39, 0.29) is 11.9 Å². The third-order valence-corrected chi connectivity index (χ3v) is 3.44. The van der Waals surface area contributed by atoms with Gasteiger partial charge in [-0.05, 0) is 38.0 Å². The van der Waals surface area contributed by atoms with Crippen LogP contribution < -0.4 is 11.1 Å². The van der Waals surface area contributed by atoms with E-state index in [1.165, 1.54) is 0 Å². The predicted molar refractivity (Wildman–Crippen MR) is 67.5 cm³/mol. The molecular weight excluding hydrogens is 222 g/mol. The molecule has 0 spiro atoms. The van der Waals surface area contributed by atoms with Crippen LogP contribution in [-0.4, -0.2) is 38.0 Å². The number of nitrogens with two attached hydrogens (primary N) is 1. The van der Waals surface area contributed by atoms with Gasteiger partial charge in [0.05, 0.1) is 0 Å². The Morgan fingerprint density at radius 3 is 2.75 bits per heavy atom. The van der Waals surface area contributed by atoms with Crippen molar-refractivity contribution in [2.75, 3.05) is 27.2 Å². The molecule has 1 atom stereocenters. The number of primary amides is 1. The van der Waals surface area contributed by atoms with Gasteiger partial charge in [-0.3, -0.25) is 4.79 Å². The standard InChI is InChI=1S/C11H19N3OS/c1-8-4-7-16-10(8)9(11(12)15)13-5-6-14(2)3/h4,7,9,13H,5-6H2,1-3H3,(H2,12,15). The number of hydrogen-bond donors (Lipinski definition) is 2. The van der Waals surface area contributed by atoms with Gasteiger partial charge in [0, 0.05) is 18.0 Å². The number of likely N-dealkylation sites (N-methyl/N-ethyl adjacent to an activating group) is 1. The Kier molecular flexibility index (Phi) is 4.92. The van der Waals surface area contributed by atoms with E-state index in [2.05, 4.69) is 10.2 Å². The number of amides is 1. The molecule has 1 aromatic rings. The van der Waals surface area contributed by atoms with E-state index in [0.717, 1.165) is 23.5 Å². The Balaban J connectivity index is 2.62. The lowest BCUT2D eigenvalue weighted by molar-refractivity contribution is -0.120. The first-order chi connectivity index (χ1) is 7.52. The van der Waals surface area contributed by atoms with Gasteiger partial charge >= 0.3 is 0 Å². The zero-order chi connectivity index (χ0) is 12.1. The molecule has 1 heterocycles. The van der Waals surface area contributed by atoms with E-state index in [9.17, 15) is 4.79 Å². The summed E-state index contributed by atoms with van der Waals surface area (Å²) in [5, 5.41) is 5.17. The third kappa shape index (κ3) is 3.59. The quantitative estimate of drug-likeness (QED) is 0.772. The summed E-state index contributed by atoms with van der Waals surface area (Å²) in [6.45, 7) is 3.63. The zero-order valence-electron chi connectivity index (χ0n) is 9.99. The van der Waals surface area contributed by atoms with Crippen molar-refractivity contribution in [3.05, 3.63) is 21.9 Å². The first-order valence-electron chi connectivity index (χ1n) is 5.23. The fourth-order valence-corrected chi connectivity index (χ4v) is 2.44. The highest BCUT2D eigenvalue weighted by atomic mass is 32.1. The number of aryl methyl sites for hydroxylation is 1. The van der Waals surface area contributed by atoms with E-state index in [1.807, 2.05) is 32.5 Å². The molecule has 0 fully saturated rings. The van der Waals surface area contributed by atoms with Crippen LogP contribution in [0.3, 0.4) is 0 Å². The Morgan fingerprint density at radius 1 is 1.62 bits per heavy atom. The van der Waals surface area contributed by atoms with Crippen molar-refractivity contribution in [2.45, 2.75) is 13.0 Å². The van der Waals surface area contributed by atoms with Gasteiger partial charge in [-0.25, -0.2) is 0 Å². The van der Waals surface area contributed by atoms with Crippen LogP contribution in [-0.2, 0) is 4.79 Å². The molecule has 0 saturated heterocycles. The van der Waals surface area contributed by atoms with Gasteiger partial charge in [-0.15, -0.1) is 11.3 Å². The maximum atomic E-state index is 11.4. The summed E-state index contributed by atoms with van der Waals surface area (Å²) in [6, 6.07) is 1.64. The molecule has 1 amide bonds. The van der Waals surface area contributed by atoms with Crippen LogP contribution in [0, 0.1) is 6.92 Å². The second-order valence-electron chi connectivity index (χ2n) is 4.06. The fourth-order valence-electron chi connectivity index (χ4n) is 1.44. The monoisotopic (exact) mass is 241 g/mol. The lowest BCUT2D eigenvalue weighted by atomic mass is 10.1. The van der Waals surface area contributed by atoms with Crippen LogP contribution in [0.2, 0.25) is 0 Å². The third-order valence-electron chi connectivity index (χ3n) is 2.36. The Morgan fingerprint density at radius 2 is 2.31 bits per heavy atom. The number of thiophene rings is 1. The van der Waals surface area contributed by atoms with Crippen LogP contribution in [0.25, 0.3) is 0 Å². The minimum absolute atomic E-state index is 0.315. The van der Waals surface area contributed by atoms with E-state index < -0.39 is 0 Å². The molecule has 0 aliphatic heterocycles. The summed E-state index contributed by atoms with van der Waals surface area (Å²) < 4.78 is 0. The highest BCUT2D eigenvalue weighted by molar-refractivity contribution is 7.10. The van der Waals surface area contributed by atoms with Crippen LogP contribution in [0.15, 0.2) is 11.4 Å². The molecule has 0 aromatic carbocycles. The summed E-state index contributed by atoms with van der Waals surface area (Å²) in [4.78, 5) is 14.5. The minimum atomic E-state index is -0.361. The number of hydrogen-bond acceptors (Lipinski definition) is 4. The van der Waals surface area contributed by atoms with Gasteiger partial charge in [-0.2, -0.15) is 0 Å². The van der Waals surface area contributed by atoms with Crippen molar-refractivity contribution in [2.24, 2.45) is 5.73 Å². The maximum absolute atomic E-state index is 11.4. The van der Waals surface area contributed by atoms with Gasteiger partial charge in [-0.1, -0.05) is 0 Å². The number of rotatable bonds is 6. The lowest BCUT2D eigenvalue weighted by Crippen LogP contribution is -2.37. The molecule has 1 aromatic heterocycles. The summed E-state index contributed by atoms with van der Waals surface area (Å²) in [5.41, 5.74) is 6.52. The smallest absolute Gasteiger partial charge is 0.240 e. The second-order valence-corrected chi connectivity index (χ2v) is 5.01. The van der Waals surface area contributed by atoms with Crippen LogP contribution in [0.5, 0.6) is 0 Å². The normalized spacial score (nSPS) is 13.0. The molecule has 4 nitrogen and oxygen atoms in total. The SMILES string of the molecule is Cc1ccsc1C(NCCN(C)C)C(N)=O. The van der Waals surface area contributed by atoms with Gasteiger partial charge in [0.2, 0.25) is 5.91 Å². The van der Waals surface area contributed by atoms with E-state index in [1.54, 1.807) is 11.3 Å². The van der Waals surface area contributed by atoms with Crippen LogP contribution >= 0.6 is 11.3 Å². The molecule has 1 rings (SSSR count). The zero-order valence-corrected chi connectivity index (χ0v) is 10.8. The van der Waals surface area contributed by atoms with Crippen molar-refractivity contribution in [3.8, 4) is 0 Å². The number of nitrogens with zero attached hydrogens (tertiary/aromatic N) is 1. The highest BCUT2D eigenvalue weighted by Gasteiger charge is 2.19. The number of nitrogens with one attached hydrogen (secondary N) is 1. The topological polar surface area (TPSA) is 58.4 Å². The first-order valence-corrected chi connectivity index (χ1v) is 6.11. The Bertz CT molecular complexity index is 349. The van der Waals surface area contributed by atoms with Crippen molar-refractivity contribution in [1.29, 1.82) is 0 Å². The van der Waals surface area contributed by atoms with E-state index in [0.29, 0.717) is 0 Å². The molecule has 5 heteroatoms. The fraction of sp³-hybridized carbons (Fsp3) is 0.545. The number of carbonyl (C=O) groups is 1. The Hall–Kier alpha value is -0.910. The molecule has 3 N–H and O–H groups in total. The summed E-state index contributed by atoms with van der Waals surface area (Å²) >= 11 is 1.57. The maximum Gasteiger partial charge on any atom is 0.240 e. The summed E-state index contributed by atoms with van der Waals surface area (Å²) in [7, 11) is 3.99. The van der Waals surface area contributed by atoms with Crippen molar-refractivity contribution in [1.82, 2.24) is 10.2 Å². The van der Waals surface area contributed by atoms with Gasteiger partial charge in [0.15, 0.2) is 0 Å². The van der Waals surface area contributed by atoms with Gasteiger partial charge < -0.3 is 16.0 Å². The second kappa shape index (κ2) is 5.98. The predicted octanol–water partition coefficient (Wildman–Crippen LogP) is 0.734. The largest absolute Gasteiger partial charge is 0.368 e. The van der Waals surface area contributed by atoms with Gasteiger partial charge in [0.1, 0.15) is 6.04 Å². The average Bonchev–Trinajstić information content (AvgIpc) is 2.58. The molecule has 0 radical (unpaired) electrons. The van der Waals surface area contributed by atoms with Crippen LogP contribution in [0.4, 0.5) is 0 Å². The minimum Gasteiger partial charge on any atom is -0.368 e. The molecule has 0 bridgehead atoms. The summed E-state index contributed by atoms with van der Waals surface area (Å²) in [6.07, 6.45) is 0. The van der Waals surface area contributed by atoms with Crippen molar-refractivity contribution >= 4 is 17.2 Å². The molecule has 0 saturated carbocycles. The average molecular weight is 241 g/mol. The van der Waals surface area contributed by atoms with Crippen molar-refractivity contribution in [3.63, 3.8) is 0 Å². The van der Waals surface area contributed by atoms with Crippen LogP contribution in [0.1, 0.15) is 16.5 Å². The molecule has 0 aliphatic carbocycles. The number of carbonyl (C=O) groups excluding carboxylic acids is 1. The molecule has 1 unspecified atom stereocenters. The molecule has 0 aliphatic rings. The summed E-state index contributed by atoms with van der Waals surface area (Å²) in [5.74, 6) is -0.315. The molecule has 90 valence electrons. The van der Waals surface area contributed by atoms with E-state index >= 15 is 0 Å². The first kappa shape index (κ1) is 13.2. The molecule has 16 heavy (non-hydrogen) atoms. The van der Waals surface area contributed by atoms with Gasteiger partial charge in [0.25, 0.3) is 0 Å². The van der Waals surface area contributed by atoms with Crippen molar-refractivity contribution < 1.29 is 4.79 Å².